The molecule has 19 heavy (non-hydrogen) atoms. The Morgan fingerprint density at radius 2 is 2.37 bits per heavy atom. The van der Waals surface area contributed by atoms with Gasteiger partial charge in [-0.1, -0.05) is 6.92 Å². The molecule has 1 saturated heterocycles. The van der Waals surface area contributed by atoms with Gasteiger partial charge in [-0.25, -0.2) is 0 Å². The molecule has 1 aliphatic heterocycles. The van der Waals surface area contributed by atoms with Gasteiger partial charge in [0.1, 0.15) is 0 Å². The second kappa shape index (κ2) is 7.46. The van der Waals surface area contributed by atoms with Gasteiger partial charge in [-0.05, 0) is 37.9 Å². The van der Waals surface area contributed by atoms with Crippen molar-refractivity contribution in [3.05, 3.63) is 24.0 Å². The van der Waals surface area contributed by atoms with Gasteiger partial charge in [0.05, 0.1) is 18.0 Å². The molecule has 0 aromatic carbocycles. The Labute approximate surface area is 116 Å². The normalized spacial score (nSPS) is 18.7. The third-order valence-electron chi connectivity index (χ3n) is 3.62. The maximum atomic E-state index is 5.75. The first-order valence-corrected chi connectivity index (χ1v) is 7.35. The van der Waals surface area contributed by atoms with Crippen LogP contribution in [0.3, 0.4) is 0 Å². The lowest BCUT2D eigenvalue weighted by Gasteiger charge is -2.27. The number of nitrogens with one attached hydrogen (secondary N) is 1. The number of nitrogens with zero attached hydrogens (tertiary/aromatic N) is 2. The van der Waals surface area contributed by atoms with Crippen molar-refractivity contribution >= 4 is 5.69 Å². The minimum Gasteiger partial charge on any atom is -0.376 e. The van der Waals surface area contributed by atoms with Crippen molar-refractivity contribution in [3.8, 4) is 0 Å². The third kappa shape index (κ3) is 3.91. The van der Waals surface area contributed by atoms with Gasteiger partial charge in [-0.3, -0.25) is 4.98 Å². The quantitative estimate of drug-likeness (QED) is 0.818. The van der Waals surface area contributed by atoms with Crippen LogP contribution >= 0.6 is 0 Å². The SMILES string of the molecule is CCNCc1ccncc1N(CC)CC1CCCO1. The van der Waals surface area contributed by atoms with Crippen LogP contribution in [0.2, 0.25) is 0 Å². The zero-order chi connectivity index (χ0) is 13.5. The van der Waals surface area contributed by atoms with Gasteiger partial charge < -0.3 is 15.0 Å². The largest absolute Gasteiger partial charge is 0.376 e. The Bertz CT molecular complexity index is 377. The maximum absolute atomic E-state index is 5.75. The summed E-state index contributed by atoms with van der Waals surface area (Å²) in [6, 6.07) is 2.11. The van der Waals surface area contributed by atoms with Crippen molar-refractivity contribution in [2.24, 2.45) is 0 Å². The van der Waals surface area contributed by atoms with Crippen molar-refractivity contribution in [1.82, 2.24) is 10.3 Å². The number of anilines is 1. The highest BCUT2D eigenvalue weighted by Gasteiger charge is 2.20. The van der Waals surface area contributed by atoms with Crippen LogP contribution in [0.15, 0.2) is 18.5 Å². The van der Waals surface area contributed by atoms with Crippen molar-refractivity contribution in [2.75, 3.05) is 31.1 Å². The predicted molar refractivity (Wildman–Crippen MR) is 78.5 cm³/mol. The number of aromatic nitrogens is 1. The molecule has 4 heteroatoms. The van der Waals surface area contributed by atoms with Gasteiger partial charge in [0.15, 0.2) is 0 Å². The fraction of sp³-hybridized carbons (Fsp3) is 0.667. The van der Waals surface area contributed by atoms with E-state index in [9.17, 15) is 0 Å². The fourth-order valence-electron chi connectivity index (χ4n) is 2.54. The molecule has 0 radical (unpaired) electrons. The minimum absolute atomic E-state index is 0.382. The topological polar surface area (TPSA) is 37.4 Å². The van der Waals surface area contributed by atoms with Gasteiger partial charge in [0, 0.05) is 32.4 Å². The molecule has 1 aromatic heterocycles. The molecule has 1 N–H and O–H groups in total. The molecule has 1 aromatic rings. The maximum Gasteiger partial charge on any atom is 0.0750 e. The van der Waals surface area contributed by atoms with Crippen LogP contribution in [0.1, 0.15) is 32.3 Å². The minimum atomic E-state index is 0.382. The first-order chi connectivity index (χ1) is 9.35. The van der Waals surface area contributed by atoms with E-state index in [1.807, 2.05) is 12.4 Å². The van der Waals surface area contributed by atoms with Crippen LogP contribution in [0, 0.1) is 0 Å². The van der Waals surface area contributed by atoms with Crippen molar-refractivity contribution in [3.63, 3.8) is 0 Å². The Kier molecular flexibility index (Phi) is 5.61. The van der Waals surface area contributed by atoms with Crippen LogP contribution in [-0.4, -0.2) is 37.3 Å². The van der Waals surface area contributed by atoms with Crippen LogP contribution in [0.4, 0.5) is 5.69 Å². The monoisotopic (exact) mass is 263 g/mol. The van der Waals surface area contributed by atoms with Gasteiger partial charge in [-0.2, -0.15) is 0 Å². The van der Waals surface area contributed by atoms with E-state index in [0.29, 0.717) is 6.10 Å². The average molecular weight is 263 g/mol. The van der Waals surface area contributed by atoms with Crippen molar-refractivity contribution < 1.29 is 4.74 Å². The Morgan fingerprint density at radius 3 is 3.05 bits per heavy atom. The fourth-order valence-corrected chi connectivity index (χ4v) is 2.54. The molecule has 0 spiro atoms. The van der Waals surface area contributed by atoms with Crippen LogP contribution in [0.5, 0.6) is 0 Å². The molecule has 0 bridgehead atoms. The number of hydrogen-bond donors (Lipinski definition) is 1. The lowest BCUT2D eigenvalue weighted by molar-refractivity contribution is 0.115. The number of hydrogen-bond acceptors (Lipinski definition) is 4. The highest BCUT2D eigenvalue weighted by Crippen LogP contribution is 2.22. The van der Waals surface area contributed by atoms with Crippen molar-refractivity contribution in [2.45, 2.75) is 39.3 Å². The summed E-state index contributed by atoms with van der Waals surface area (Å²) in [5.41, 5.74) is 2.55. The van der Waals surface area contributed by atoms with E-state index in [2.05, 4.69) is 35.1 Å². The van der Waals surface area contributed by atoms with E-state index in [1.165, 1.54) is 24.1 Å². The average Bonchev–Trinajstić information content (AvgIpc) is 2.96. The van der Waals surface area contributed by atoms with E-state index in [0.717, 1.165) is 32.8 Å². The van der Waals surface area contributed by atoms with Crippen molar-refractivity contribution in [1.29, 1.82) is 0 Å². The summed E-state index contributed by atoms with van der Waals surface area (Å²) in [5, 5.41) is 3.39. The van der Waals surface area contributed by atoms with E-state index in [-0.39, 0.29) is 0 Å². The summed E-state index contributed by atoms with van der Waals surface area (Å²) < 4.78 is 5.75. The Hall–Kier alpha value is -1.13. The number of pyridine rings is 1. The van der Waals surface area contributed by atoms with Crippen LogP contribution in [-0.2, 0) is 11.3 Å². The number of rotatable bonds is 7. The summed E-state index contributed by atoms with van der Waals surface area (Å²) in [7, 11) is 0. The number of ether oxygens (including phenoxy) is 1. The molecule has 0 saturated carbocycles. The summed E-state index contributed by atoms with van der Waals surface area (Å²) in [6.07, 6.45) is 6.60. The third-order valence-corrected chi connectivity index (χ3v) is 3.62. The molecule has 106 valence electrons. The summed E-state index contributed by atoms with van der Waals surface area (Å²) in [5.74, 6) is 0. The standard InChI is InChI=1S/C15H25N3O/c1-3-16-10-13-7-8-17-11-15(13)18(4-2)12-14-6-5-9-19-14/h7-8,11,14,16H,3-6,9-10,12H2,1-2H3. The summed E-state index contributed by atoms with van der Waals surface area (Å²) in [4.78, 5) is 6.67. The van der Waals surface area contributed by atoms with E-state index < -0.39 is 0 Å². The molecule has 4 nitrogen and oxygen atoms in total. The molecular weight excluding hydrogens is 238 g/mol. The predicted octanol–water partition coefficient (Wildman–Crippen LogP) is 2.20. The number of likely N-dealkylation sites (N-methyl/N-ethyl adjacent to an activating group) is 1. The first kappa shape index (κ1) is 14.3. The molecule has 0 aliphatic carbocycles. The van der Waals surface area contributed by atoms with E-state index >= 15 is 0 Å². The zero-order valence-electron chi connectivity index (χ0n) is 12.1. The second-order valence-corrected chi connectivity index (χ2v) is 4.96. The molecular formula is C15H25N3O. The lowest BCUT2D eigenvalue weighted by atomic mass is 10.1. The molecule has 0 amide bonds. The summed E-state index contributed by atoms with van der Waals surface area (Å²) >= 11 is 0. The molecule has 1 atom stereocenters. The molecule has 2 heterocycles. The van der Waals surface area contributed by atoms with E-state index in [4.69, 9.17) is 4.74 Å². The summed E-state index contributed by atoms with van der Waals surface area (Å²) in [6.45, 7) is 9.09. The first-order valence-electron chi connectivity index (χ1n) is 7.35. The van der Waals surface area contributed by atoms with Gasteiger partial charge in [-0.15, -0.1) is 0 Å². The molecule has 1 aliphatic rings. The highest BCUT2D eigenvalue weighted by molar-refractivity contribution is 5.51. The Morgan fingerprint density at radius 1 is 1.47 bits per heavy atom. The highest BCUT2D eigenvalue weighted by atomic mass is 16.5. The zero-order valence-corrected chi connectivity index (χ0v) is 12.1. The smallest absolute Gasteiger partial charge is 0.0750 e. The Balaban J connectivity index is 2.07. The molecule has 1 unspecified atom stereocenters. The van der Waals surface area contributed by atoms with E-state index in [1.54, 1.807) is 0 Å². The second-order valence-electron chi connectivity index (χ2n) is 4.96. The van der Waals surface area contributed by atoms with Crippen LogP contribution in [0.25, 0.3) is 0 Å². The van der Waals surface area contributed by atoms with Gasteiger partial charge in [0.2, 0.25) is 0 Å². The molecule has 1 fully saturated rings. The van der Waals surface area contributed by atoms with Crippen LogP contribution < -0.4 is 10.2 Å². The lowest BCUT2D eigenvalue weighted by Crippen LogP contribution is -2.33. The molecule has 2 rings (SSSR count). The van der Waals surface area contributed by atoms with Gasteiger partial charge >= 0.3 is 0 Å². The van der Waals surface area contributed by atoms with Gasteiger partial charge in [0.25, 0.3) is 0 Å².